The van der Waals surface area contributed by atoms with Crippen LogP contribution >= 0.6 is 11.6 Å². The summed E-state index contributed by atoms with van der Waals surface area (Å²) in [5.74, 6) is 0.619. The molecule has 0 saturated heterocycles. The predicted molar refractivity (Wildman–Crippen MR) is 55.4 cm³/mol. The van der Waals surface area contributed by atoms with E-state index in [1.807, 2.05) is 13.2 Å². The average molecular weight is 225 g/mol. The first-order valence-corrected chi connectivity index (χ1v) is 4.68. The van der Waals surface area contributed by atoms with E-state index in [1.54, 1.807) is 10.9 Å². The Morgan fingerprint density at radius 1 is 1.47 bits per heavy atom. The van der Waals surface area contributed by atoms with Gasteiger partial charge in [0.15, 0.2) is 0 Å². The van der Waals surface area contributed by atoms with Gasteiger partial charge in [0.25, 0.3) is 0 Å². The van der Waals surface area contributed by atoms with E-state index in [0.29, 0.717) is 17.5 Å². The van der Waals surface area contributed by atoms with Crippen molar-refractivity contribution in [3.05, 3.63) is 29.4 Å². The molecule has 6 nitrogen and oxygen atoms in total. The summed E-state index contributed by atoms with van der Waals surface area (Å²) < 4.78 is 1.64. The molecule has 2 aromatic heterocycles. The van der Waals surface area contributed by atoms with E-state index in [1.165, 1.54) is 6.20 Å². The fourth-order valence-electron chi connectivity index (χ4n) is 1.08. The second kappa shape index (κ2) is 4.22. The Balaban J connectivity index is 1.99. The first-order chi connectivity index (χ1) is 7.24. The van der Waals surface area contributed by atoms with Crippen molar-refractivity contribution in [2.75, 3.05) is 5.32 Å². The van der Waals surface area contributed by atoms with Crippen LogP contribution in [-0.4, -0.2) is 25.0 Å². The zero-order chi connectivity index (χ0) is 10.7. The molecule has 0 aromatic carbocycles. The molecule has 15 heavy (non-hydrogen) atoms. The molecular formula is C8H9ClN6. The zero-order valence-corrected chi connectivity index (χ0v) is 8.81. The number of aryl methyl sites for hydroxylation is 1. The van der Waals surface area contributed by atoms with Crippen molar-refractivity contribution >= 4 is 17.4 Å². The van der Waals surface area contributed by atoms with E-state index in [-0.39, 0.29) is 0 Å². The average Bonchev–Trinajstić information content (AvgIpc) is 2.62. The first kappa shape index (κ1) is 9.85. The number of hydrogen-bond acceptors (Lipinski definition) is 5. The van der Waals surface area contributed by atoms with E-state index >= 15 is 0 Å². The molecule has 1 N–H and O–H groups in total. The molecule has 2 heterocycles. The Hall–Kier alpha value is -1.69. The van der Waals surface area contributed by atoms with Gasteiger partial charge in [0, 0.05) is 13.2 Å². The number of rotatable bonds is 3. The van der Waals surface area contributed by atoms with Gasteiger partial charge in [-0.2, -0.15) is 0 Å². The quantitative estimate of drug-likeness (QED) is 0.838. The highest BCUT2D eigenvalue weighted by atomic mass is 35.5. The van der Waals surface area contributed by atoms with E-state index in [9.17, 15) is 0 Å². The minimum atomic E-state index is 0.360. The summed E-state index contributed by atoms with van der Waals surface area (Å²) in [5, 5.41) is 11.1. The highest BCUT2D eigenvalue weighted by Gasteiger charge is 1.99. The van der Waals surface area contributed by atoms with Gasteiger partial charge in [-0.1, -0.05) is 16.8 Å². The summed E-state index contributed by atoms with van der Waals surface area (Å²) in [6, 6.07) is 0. The minimum absolute atomic E-state index is 0.360. The maximum Gasteiger partial charge on any atom is 0.149 e. The molecule has 0 atom stereocenters. The summed E-state index contributed by atoms with van der Waals surface area (Å²) in [5.41, 5.74) is 0.833. The fourth-order valence-corrected chi connectivity index (χ4v) is 1.23. The van der Waals surface area contributed by atoms with Gasteiger partial charge in [-0.25, -0.2) is 4.98 Å². The smallest absolute Gasteiger partial charge is 0.149 e. The van der Waals surface area contributed by atoms with Gasteiger partial charge in [0.05, 0.1) is 18.9 Å². The fraction of sp³-hybridized carbons (Fsp3) is 0.250. The molecule has 0 unspecified atom stereocenters. The van der Waals surface area contributed by atoms with Gasteiger partial charge in [-0.3, -0.25) is 9.67 Å². The summed E-state index contributed by atoms with van der Waals surface area (Å²) in [6.45, 7) is 0.545. The SMILES string of the molecule is Cn1cc(CNc2cncc(Cl)n2)nn1. The molecule has 0 spiro atoms. The van der Waals surface area contributed by atoms with Gasteiger partial charge < -0.3 is 5.32 Å². The lowest BCUT2D eigenvalue weighted by atomic mass is 10.4. The first-order valence-electron chi connectivity index (χ1n) is 4.30. The highest BCUT2D eigenvalue weighted by molar-refractivity contribution is 6.29. The Morgan fingerprint density at radius 2 is 2.33 bits per heavy atom. The van der Waals surface area contributed by atoms with Gasteiger partial charge >= 0.3 is 0 Å². The van der Waals surface area contributed by atoms with Crippen LogP contribution in [0.2, 0.25) is 5.15 Å². The third kappa shape index (κ3) is 2.63. The zero-order valence-electron chi connectivity index (χ0n) is 8.05. The van der Waals surface area contributed by atoms with Crippen molar-refractivity contribution in [1.29, 1.82) is 0 Å². The molecule has 0 bridgehead atoms. The van der Waals surface area contributed by atoms with Gasteiger partial charge in [0.1, 0.15) is 16.7 Å². The van der Waals surface area contributed by atoms with Crippen molar-refractivity contribution in [2.24, 2.45) is 7.05 Å². The van der Waals surface area contributed by atoms with Crippen molar-refractivity contribution in [2.45, 2.75) is 6.54 Å². The Bertz CT molecular complexity index is 454. The van der Waals surface area contributed by atoms with Crippen LogP contribution in [0.15, 0.2) is 18.6 Å². The molecule has 0 aliphatic heterocycles. The molecule has 0 fully saturated rings. The lowest BCUT2D eigenvalue weighted by Gasteiger charge is -2.01. The van der Waals surface area contributed by atoms with E-state index < -0.39 is 0 Å². The molecular weight excluding hydrogens is 216 g/mol. The standard InChI is InChI=1S/C8H9ClN6/c1-15-5-6(13-14-15)2-11-8-4-10-3-7(9)12-8/h3-5H,2H2,1H3,(H,11,12). The van der Waals surface area contributed by atoms with Crippen LogP contribution in [0.4, 0.5) is 5.82 Å². The molecule has 2 rings (SSSR count). The molecule has 78 valence electrons. The molecule has 0 radical (unpaired) electrons. The van der Waals surface area contributed by atoms with Gasteiger partial charge in [-0.15, -0.1) is 5.10 Å². The van der Waals surface area contributed by atoms with Crippen LogP contribution in [0, 0.1) is 0 Å². The molecule has 0 aliphatic rings. The van der Waals surface area contributed by atoms with Gasteiger partial charge in [-0.05, 0) is 0 Å². The van der Waals surface area contributed by atoms with Crippen LogP contribution in [-0.2, 0) is 13.6 Å². The lowest BCUT2D eigenvalue weighted by molar-refractivity contribution is 0.713. The minimum Gasteiger partial charge on any atom is -0.363 e. The molecule has 2 aromatic rings. The molecule has 0 amide bonds. The van der Waals surface area contributed by atoms with Crippen molar-refractivity contribution in [3.63, 3.8) is 0 Å². The highest BCUT2D eigenvalue weighted by Crippen LogP contribution is 2.07. The largest absolute Gasteiger partial charge is 0.363 e. The second-order valence-corrected chi connectivity index (χ2v) is 3.35. The third-order valence-corrected chi connectivity index (χ3v) is 1.89. The van der Waals surface area contributed by atoms with Crippen LogP contribution in [0.3, 0.4) is 0 Å². The van der Waals surface area contributed by atoms with Crippen LogP contribution in [0.25, 0.3) is 0 Å². The number of aromatic nitrogens is 5. The summed E-state index contributed by atoms with van der Waals surface area (Å²) in [7, 11) is 1.82. The number of halogens is 1. The number of nitrogens with zero attached hydrogens (tertiary/aromatic N) is 5. The Labute approximate surface area is 91.3 Å². The van der Waals surface area contributed by atoms with E-state index in [2.05, 4.69) is 25.6 Å². The summed E-state index contributed by atoms with van der Waals surface area (Å²) in [4.78, 5) is 7.94. The van der Waals surface area contributed by atoms with E-state index in [0.717, 1.165) is 5.69 Å². The monoisotopic (exact) mass is 224 g/mol. The maximum atomic E-state index is 5.69. The van der Waals surface area contributed by atoms with Crippen molar-refractivity contribution in [1.82, 2.24) is 25.0 Å². The Kier molecular flexibility index (Phi) is 2.77. The second-order valence-electron chi connectivity index (χ2n) is 2.96. The summed E-state index contributed by atoms with van der Waals surface area (Å²) in [6.07, 6.45) is 4.91. The number of nitrogens with one attached hydrogen (secondary N) is 1. The molecule has 0 saturated carbocycles. The normalized spacial score (nSPS) is 10.3. The van der Waals surface area contributed by atoms with Crippen molar-refractivity contribution in [3.8, 4) is 0 Å². The van der Waals surface area contributed by atoms with Crippen LogP contribution < -0.4 is 5.32 Å². The number of anilines is 1. The van der Waals surface area contributed by atoms with Crippen molar-refractivity contribution < 1.29 is 0 Å². The summed E-state index contributed by atoms with van der Waals surface area (Å²) >= 11 is 5.69. The van der Waals surface area contributed by atoms with Crippen LogP contribution in [0.5, 0.6) is 0 Å². The van der Waals surface area contributed by atoms with E-state index in [4.69, 9.17) is 11.6 Å². The number of hydrogen-bond donors (Lipinski definition) is 1. The molecule has 7 heteroatoms. The molecule has 0 aliphatic carbocycles. The maximum absolute atomic E-state index is 5.69. The predicted octanol–water partition coefficient (Wildman–Crippen LogP) is 0.871. The van der Waals surface area contributed by atoms with Gasteiger partial charge in [0.2, 0.25) is 0 Å². The Morgan fingerprint density at radius 3 is 3.00 bits per heavy atom. The topological polar surface area (TPSA) is 68.5 Å². The lowest BCUT2D eigenvalue weighted by Crippen LogP contribution is -2.02. The third-order valence-electron chi connectivity index (χ3n) is 1.71. The van der Waals surface area contributed by atoms with Crippen LogP contribution in [0.1, 0.15) is 5.69 Å².